The van der Waals surface area contributed by atoms with Crippen LogP contribution >= 0.6 is 0 Å². The standard InChI is InChI=1S/C15H25NO4/c1-3-20-14(18)12-6-4-9-16(11-12)13(17)10-15(19-2)7-5-8-15/h12H,3-11H2,1-2H3/t12-/m0/s1. The first-order valence-electron chi connectivity index (χ1n) is 7.60. The molecule has 1 aliphatic heterocycles. The summed E-state index contributed by atoms with van der Waals surface area (Å²) < 4.78 is 10.6. The van der Waals surface area contributed by atoms with Gasteiger partial charge in [-0.25, -0.2) is 0 Å². The van der Waals surface area contributed by atoms with Crippen LogP contribution in [-0.4, -0.2) is 49.2 Å². The third-order valence-corrected chi connectivity index (χ3v) is 4.57. The van der Waals surface area contributed by atoms with Crippen molar-refractivity contribution in [2.24, 2.45) is 5.92 Å². The lowest BCUT2D eigenvalue weighted by molar-refractivity contribution is -0.153. The number of piperidine rings is 1. The Morgan fingerprint density at radius 3 is 2.60 bits per heavy atom. The highest BCUT2D eigenvalue weighted by atomic mass is 16.5. The lowest BCUT2D eigenvalue weighted by atomic mass is 9.77. The number of ether oxygens (including phenoxy) is 2. The predicted octanol–water partition coefficient (Wildman–Crippen LogP) is 1.75. The van der Waals surface area contributed by atoms with E-state index >= 15 is 0 Å². The molecule has 20 heavy (non-hydrogen) atoms. The number of hydrogen-bond donors (Lipinski definition) is 0. The van der Waals surface area contributed by atoms with Gasteiger partial charge in [-0.05, 0) is 39.0 Å². The summed E-state index contributed by atoms with van der Waals surface area (Å²) in [4.78, 5) is 26.0. The van der Waals surface area contributed by atoms with E-state index in [0.717, 1.165) is 38.6 Å². The maximum Gasteiger partial charge on any atom is 0.310 e. The summed E-state index contributed by atoms with van der Waals surface area (Å²) in [6.07, 6.45) is 5.19. The monoisotopic (exact) mass is 283 g/mol. The first kappa shape index (κ1) is 15.3. The van der Waals surface area contributed by atoms with Gasteiger partial charge in [0.15, 0.2) is 0 Å². The highest BCUT2D eigenvalue weighted by molar-refractivity contribution is 5.79. The molecule has 2 fully saturated rings. The molecule has 1 atom stereocenters. The smallest absolute Gasteiger partial charge is 0.310 e. The number of esters is 1. The van der Waals surface area contributed by atoms with Crippen molar-refractivity contribution in [1.29, 1.82) is 0 Å². The average molecular weight is 283 g/mol. The van der Waals surface area contributed by atoms with Crippen LogP contribution in [0.25, 0.3) is 0 Å². The number of rotatable bonds is 5. The first-order valence-corrected chi connectivity index (χ1v) is 7.60. The minimum Gasteiger partial charge on any atom is -0.466 e. The normalized spacial score (nSPS) is 24.9. The summed E-state index contributed by atoms with van der Waals surface area (Å²) in [5.74, 6) is -0.219. The number of nitrogens with zero attached hydrogens (tertiary/aromatic N) is 1. The van der Waals surface area contributed by atoms with E-state index < -0.39 is 0 Å². The van der Waals surface area contributed by atoms with Gasteiger partial charge in [0, 0.05) is 20.2 Å². The fourth-order valence-electron chi connectivity index (χ4n) is 3.07. The first-order chi connectivity index (χ1) is 9.60. The van der Waals surface area contributed by atoms with E-state index in [9.17, 15) is 9.59 Å². The highest BCUT2D eigenvalue weighted by Gasteiger charge is 2.41. The second-order valence-corrected chi connectivity index (χ2v) is 5.85. The molecular weight excluding hydrogens is 258 g/mol. The number of methoxy groups -OCH3 is 1. The van der Waals surface area contributed by atoms with E-state index in [1.54, 1.807) is 7.11 Å². The maximum atomic E-state index is 12.4. The molecule has 0 spiro atoms. The molecule has 0 radical (unpaired) electrons. The number of hydrogen-bond acceptors (Lipinski definition) is 4. The van der Waals surface area contributed by atoms with Crippen LogP contribution in [0.15, 0.2) is 0 Å². The van der Waals surface area contributed by atoms with Crippen LogP contribution < -0.4 is 0 Å². The van der Waals surface area contributed by atoms with E-state index in [1.807, 2.05) is 11.8 Å². The van der Waals surface area contributed by atoms with Crippen molar-refractivity contribution < 1.29 is 19.1 Å². The average Bonchev–Trinajstić information content (AvgIpc) is 2.43. The van der Waals surface area contributed by atoms with Crippen molar-refractivity contribution in [2.45, 2.75) is 51.0 Å². The van der Waals surface area contributed by atoms with Crippen molar-refractivity contribution in [3.8, 4) is 0 Å². The molecule has 0 unspecified atom stereocenters. The Bertz CT molecular complexity index is 359. The SMILES string of the molecule is CCOC(=O)[C@H]1CCCN(C(=O)CC2(OC)CCC2)C1. The van der Waals surface area contributed by atoms with Gasteiger partial charge in [0.25, 0.3) is 0 Å². The number of carbonyl (C=O) groups excluding carboxylic acids is 2. The highest BCUT2D eigenvalue weighted by Crippen LogP contribution is 2.38. The summed E-state index contributed by atoms with van der Waals surface area (Å²) >= 11 is 0. The molecule has 1 aliphatic carbocycles. The van der Waals surface area contributed by atoms with E-state index in [-0.39, 0.29) is 23.4 Å². The Balaban J connectivity index is 1.88. The summed E-state index contributed by atoms with van der Waals surface area (Å²) in [5.41, 5.74) is -0.242. The van der Waals surface area contributed by atoms with Crippen LogP contribution in [0.4, 0.5) is 0 Å². The molecule has 0 bridgehead atoms. The lowest BCUT2D eigenvalue weighted by Crippen LogP contribution is -2.48. The zero-order valence-electron chi connectivity index (χ0n) is 12.5. The molecule has 1 amide bonds. The third-order valence-electron chi connectivity index (χ3n) is 4.57. The van der Waals surface area contributed by atoms with E-state index in [2.05, 4.69) is 0 Å². The molecule has 0 aromatic carbocycles. The molecular formula is C15H25NO4. The van der Waals surface area contributed by atoms with Gasteiger partial charge in [0.05, 0.1) is 24.5 Å². The number of amides is 1. The van der Waals surface area contributed by atoms with Crippen LogP contribution in [0.3, 0.4) is 0 Å². The minimum atomic E-state index is -0.242. The summed E-state index contributed by atoms with van der Waals surface area (Å²) in [5, 5.41) is 0. The Labute approximate surface area is 120 Å². The molecule has 1 saturated carbocycles. The van der Waals surface area contributed by atoms with Gasteiger partial charge >= 0.3 is 5.97 Å². The molecule has 2 aliphatic rings. The van der Waals surface area contributed by atoms with Gasteiger partial charge < -0.3 is 14.4 Å². The Hall–Kier alpha value is -1.10. The van der Waals surface area contributed by atoms with Crippen LogP contribution in [-0.2, 0) is 19.1 Å². The van der Waals surface area contributed by atoms with Crippen LogP contribution in [0.1, 0.15) is 45.4 Å². The van der Waals surface area contributed by atoms with Gasteiger partial charge in [0.2, 0.25) is 5.91 Å². The van der Waals surface area contributed by atoms with Gasteiger partial charge in [-0.15, -0.1) is 0 Å². The van der Waals surface area contributed by atoms with E-state index in [4.69, 9.17) is 9.47 Å². The molecule has 1 saturated heterocycles. The van der Waals surface area contributed by atoms with Crippen molar-refractivity contribution in [2.75, 3.05) is 26.8 Å². The summed E-state index contributed by atoms with van der Waals surface area (Å²) in [6.45, 7) is 3.45. The number of likely N-dealkylation sites (tertiary alicyclic amines) is 1. The molecule has 0 aromatic heterocycles. The second-order valence-electron chi connectivity index (χ2n) is 5.85. The second kappa shape index (κ2) is 6.57. The van der Waals surface area contributed by atoms with Gasteiger partial charge in [-0.2, -0.15) is 0 Å². The van der Waals surface area contributed by atoms with Gasteiger partial charge in [-0.1, -0.05) is 0 Å². The molecule has 0 aromatic rings. The van der Waals surface area contributed by atoms with E-state index in [0.29, 0.717) is 19.6 Å². The topological polar surface area (TPSA) is 55.8 Å². The summed E-state index contributed by atoms with van der Waals surface area (Å²) in [6, 6.07) is 0. The third kappa shape index (κ3) is 3.32. The zero-order chi connectivity index (χ0) is 14.6. The molecule has 0 N–H and O–H groups in total. The predicted molar refractivity (Wildman–Crippen MR) is 74.1 cm³/mol. The van der Waals surface area contributed by atoms with Gasteiger partial charge in [0.1, 0.15) is 0 Å². The minimum absolute atomic E-state index is 0.112. The van der Waals surface area contributed by atoms with Crippen molar-refractivity contribution >= 4 is 11.9 Å². The van der Waals surface area contributed by atoms with Crippen LogP contribution in [0.2, 0.25) is 0 Å². The maximum absolute atomic E-state index is 12.4. The quantitative estimate of drug-likeness (QED) is 0.721. The Morgan fingerprint density at radius 2 is 2.05 bits per heavy atom. The van der Waals surface area contributed by atoms with Crippen LogP contribution in [0, 0.1) is 5.92 Å². The fraction of sp³-hybridized carbons (Fsp3) is 0.867. The molecule has 5 nitrogen and oxygen atoms in total. The molecule has 1 heterocycles. The molecule has 5 heteroatoms. The lowest BCUT2D eigenvalue weighted by Gasteiger charge is -2.42. The zero-order valence-corrected chi connectivity index (χ0v) is 12.5. The summed E-state index contributed by atoms with van der Waals surface area (Å²) in [7, 11) is 1.68. The van der Waals surface area contributed by atoms with Crippen molar-refractivity contribution in [1.82, 2.24) is 4.90 Å². The number of carbonyl (C=O) groups is 2. The van der Waals surface area contributed by atoms with E-state index in [1.165, 1.54) is 0 Å². The largest absolute Gasteiger partial charge is 0.466 e. The van der Waals surface area contributed by atoms with Crippen LogP contribution in [0.5, 0.6) is 0 Å². The Kier molecular flexibility index (Phi) is 5.02. The molecule has 114 valence electrons. The molecule has 2 rings (SSSR count). The van der Waals surface area contributed by atoms with Gasteiger partial charge in [-0.3, -0.25) is 9.59 Å². The van der Waals surface area contributed by atoms with Crippen molar-refractivity contribution in [3.63, 3.8) is 0 Å². The Morgan fingerprint density at radius 1 is 1.30 bits per heavy atom. The fourth-order valence-corrected chi connectivity index (χ4v) is 3.07. The van der Waals surface area contributed by atoms with Crippen molar-refractivity contribution in [3.05, 3.63) is 0 Å².